The fraction of sp³-hybridized carbons (Fsp3) is 0.500. The molecule has 0 unspecified atom stereocenters. The molecule has 1 aromatic heterocycles. The summed E-state index contributed by atoms with van der Waals surface area (Å²) in [6, 6.07) is 7.91. The van der Waals surface area contributed by atoms with Gasteiger partial charge in [-0.1, -0.05) is 37.3 Å². The van der Waals surface area contributed by atoms with E-state index in [2.05, 4.69) is 4.98 Å². The zero-order chi connectivity index (χ0) is 17.3. The van der Waals surface area contributed by atoms with Crippen molar-refractivity contribution in [2.24, 2.45) is 11.8 Å². The average Bonchev–Trinajstić information content (AvgIpc) is 3.04. The van der Waals surface area contributed by atoms with E-state index >= 15 is 0 Å². The van der Waals surface area contributed by atoms with Gasteiger partial charge < -0.3 is 4.90 Å². The molecule has 0 radical (unpaired) electrons. The Kier molecular flexibility index (Phi) is 4.85. The predicted octanol–water partition coefficient (Wildman–Crippen LogP) is 3.15. The second-order valence-electron chi connectivity index (χ2n) is 6.62. The van der Waals surface area contributed by atoms with Gasteiger partial charge in [0.25, 0.3) is 0 Å². The first-order valence-electron chi connectivity index (χ1n) is 8.39. The van der Waals surface area contributed by atoms with E-state index in [1.54, 1.807) is 11.9 Å². The van der Waals surface area contributed by atoms with Gasteiger partial charge in [0.2, 0.25) is 11.8 Å². The number of thiazole rings is 1. The number of para-hydroxylation sites is 1. The van der Waals surface area contributed by atoms with Gasteiger partial charge in [-0.25, -0.2) is 4.98 Å². The first-order chi connectivity index (χ1) is 11.5. The number of carbonyl (C=O) groups is 2. The standard InChI is InChI=1S/C18H23N3O2S/c1-12(2)16(22)21-10-8-13(9-11-21)17(23)20(3)18-19-14-6-4-5-7-15(14)24-18/h4-7,12-13H,8-11H2,1-3H3. The summed E-state index contributed by atoms with van der Waals surface area (Å²) in [7, 11) is 1.80. The second-order valence-corrected chi connectivity index (χ2v) is 7.62. The molecule has 2 aromatic rings. The molecular formula is C18H23N3O2S. The van der Waals surface area contributed by atoms with Crippen LogP contribution in [0.4, 0.5) is 5.13 Å². The molecule has 0 bridgehead atoms. The highest BCUT2D eigenvalue weighted by molar-refractivity contribution is 7.22. The Morgan fingerprint density at radius 1 is 1.25 bits per heavy atom. The number of anilines is 1. The van der Waals surface area contributed by atoms with Crippen LogP contribution < -0.4 is 4.90 Å². The molecule has 128 valence electrons. The Morgan fingerprint density at radius 3 is 2.54 bits per heavy atom. The van der Waals surface area contributed by atoms with Gasteiger partial charge in [0, 0.05) is 32.0 Å². The van der Waals surface area contributed by atoms with Crippen molar-refractivity contribution in [1.29, 1.82) is 0 Å². The van der Waals surface area contributed by atoms with Gasteiger partial charge in [-0.3, -0.25) is 14.5 Å². The fourth-order valence-electron chi connectivity index (χ4n) is 3.08. The van der Waals surface area contributed by atoms with E-state index in [1.807, 2.05) is 43.0 Å². The Hall–Kier alpha value is -1.95. The van der Waals surface area contributed by atoms with E-state index in [0.717, 1.165) is 28.2 Å². The largest absolute Gasteiger partial charge is 0.342 e. The normalized spacial score (nSPS) is 15.9. The van der Waals surface area contributed by atoms with Gasteiger partial charge in [0.15, 0.2) is 5.13 Å². The minimum absolute atomic E-state index is 0.0164. The lowest BCUT2D eigenvalue weighted by Gasteiger charge is -2.33. The third-order valence-electron chi connectivity index (χ3n) is 4.55. The molecular weight excluding hydrogens is 322 g/mol. The van der Waals surface area contributed by atoms with Gasteiger partial charge in [-0.2, -0.15) is 0 Å². The zero-order valence-electron chi connectivity index (χ0n) is 14.4. The third-order valence-corrected chi connectivity index (χ3v) is 5.66. The molecule has 1 fully saturated rings. The van der Waals surface area contributed by atoms with E-state index in [4.69, 9.17) is 0 Å². The first-order valence-corrected chi connectivity index (χ1v) is 9.21. The van der Waals surface area contributed by atoms with Crippen LogP contribution in [0.15, 0.2) is 24.3 Å². The molecule has 2 heterocycles. The lowest BCUT2D eigenvalue weighted by atomic mass is 9.95. The van der Waals surface area contributed by atoms with Crippen LogP contribution in [-0.4, -0.2) is 41.8 Å². The smallest absolute Gasteiger partial charge is 0.231 e. The summed E-state index contributed by atoms with van der Waals surface area (Å²) >= 11 is 1.54. The number of carbonyl (C=O) groups excluding carboxylic acids is 2. The summed E-state index contributed by atoms with van der Waals surface area (Å²) in [6.07, 6.45) is 1.46. The molecule has 1 aromatic carbocycles. The van der Waals surface area contributed by atoms with Crippen LogP contribution in [0.25, 0.3) is 10.2 Å². The van der Waals surface area contributed by atoms with E-state index in [0.29, 0.717) is 13.1 Å². The fourth-order valence-corrected chi connectivity index (χ4v) is 4.02. The van der Waals surface area contributed by atoms with E-state index in [1.165, 1.54) is 11.3 Å². The van der Waals surface area contributed by atoms with Crippen molar-refractivity contribution in [1.82, 2.24) is 9.88 Å². The Balaban J connectivity index is 1.65. The van der Waals surface area contributed by atoms with Crippen LogP contribution in [0.1, 0.15) is 26.7 Å². The highest BCUT2D eigenvalue weighted by Gasteiger charge is 2.30. The lowest BCUT2D eigenvalue weighted by molar-refractivity contribution is -0.137. The van der Waals surface area contributed by atoms with Crippen molar-refractivity contribution in [3.63, 3.8) is 0 Å². The number of piperidine rings is 1. The van der Waals surface area contributed by atoms with Crippen molar-refractivity contribution >= 4 is 38.5 Å². The summed E-state index contributed by atoms with van der Waals surface area (Å²) in [6.45, 7) is 5.17. The summed E-state index contributed by atoms with van der Waals surface area (Å²) in [5, 5.41) is 0.738. The van der Waals surface area contributed by atoms with Crippen molar-refractivity contribution < 1.29 is 9.59 Å². The second kappa shape index (κ2) is 6.89. The van der Waals surface area contributed by atoms with Crippen LogP contribution in [0.2, 0.25) is 0 Å². The molecule has 1 saturated heterocycles. The van der Waals surface area contributed by atoms with Gasteiger partial charge in [-0.05, 0) is 25.0 Å². The number of aromatic nitrogens is 1. The monoisotopic (exact) mass is 345 g/mol. The lowest BCUT2D eigenvalue weighted by Crippen LogP contribution is -2.44. The summed E-state index contributed by atoms with van der Waals surface area (Å²) in [5.74, 6) is 0.270. The molecule has 5 nitrogen and oxygen atoms in total. The van der Waals surface area contributed by atoms with Gasteiger partial charge in [0.1, 0.15) is 0 Å². The molecule has 24 heavy (non-hydrogen) atoms. The number of hydrogen-bond acceptors (Lipinski definition) is 4. The highest BCUT2D eigenvalue weighted by atomic mass is 32.1. The van der Waals surface area contributed by atoms with Crippen LogP contribution in [0, 0.1) is 11.8 Å². The maximum absolute atomic E-state index is 12.8. The van der Waals surface area contributed by atoms with E-state index < -0.39 is 0 Å². The van der Waals surface area contributed by atoms with Crippen LogP contribution in [0.5, 0.6) is 0 Å². The molecule has 0 spiro atoms. The molecule has 2 amide bonds. The topological polar surface area (TPSA) is 53.5 Å². The first kappa shape index (κ1) is 16.9. The Labute approximate surface area is 146 Å². The van der Waals surface area contributed by atoms with Crippen LogP contribution >= 0.6 is 11.3 Å². The van der Waals surface area contributed by atoms with Crippen molar-refractivity contribution in [2.75, 3.05) is 25.0 Å². The maximum atomic E-state index is 12.8. The molecule has 0 N–H and O–H groups in total. The highest BCUT2D eigenvalue weighted by Crippen LogP contribution is 2.30. The predicted molar refractivity (Wildman–Crippen MR) is 97.2 cm³/mol. The number of nitrogens with zero attached hydrogens (tertiary/aromatic N) is 3. The summed E-state index contributed by atoms with van der Waals surface area (Å²) in [5.41, 5.74) is 0.925. The van der Waals surface area contributed by atoms with Gasteiger partial charge in [-0.15, -0.1) is 0 Å². The number of likely N-dealkylation sites (tertiary alicyclic amines) is 1. The molecule has 0 atom stereocenters. The number of benzene rings is 1. The number of rotatable bonds is 3. The van der Waals surface area contributed by atoms with Gasteiger partial charge >= 0.3 is 0 Å². The maximum Gasteiger partial charge on any atom is 0.231 e. The quantitative estimate of drug-likeness (QED) is 0.859. The number of hydrogen-bond donors (Lipinski definition) is 0. The van der Waals surface area contributed by atoms with Crippen molar-refractivity contribution in [3.8, 4) is 0 Å². The SMILES string of the molecule is CC(C)C(=O)N1CCC(C(=O)N(C)c2nc3ccccc3s2)CC1. The number of fused-ring (bicyclic) bond motifs is 1. The van der Waals surface area contributed by atoms with Crippen LogP contribution in [-0.2, 0) is 9.59 Å². The van der Waals surface area contributed by atoms with Crippen LogP contribution in [0.3, 0.4) is 0 Å². The van der Waals surface area contributed by atoms with E-state index in [-0.39, 0.29) is 23.7 Å². The summed E-state index contributed by atoms with van der Waals surface area (Å²) in [4.78, 5) is 32.9. The van der Waals surface area contributed by atoms with Crippen molar-refractivity contribution in [3.05, 3.63) is 24.3 Å². The molecule has 1 aliphatic rings. The minimum atomic E-state index is -0.0294. The Bertz CT molecular complexity index is 715. The molecule has 6 heteroatoms. The summed E-state index contributed by atoms with van der Waals surface area (Å²) < 4.78 is 1.09. The molecule has 1 aliphatic heterocycles. The number of amides is 2. The minimum Gasteiger partial charge on any atom is -0.342 e. The average molecular weight is 345 g/mol. The van der Waals surface area contributed by atoms with Crippen molar-refractivity contribution in [2.45, 2.75) is 26.7 Å². The molecule has 3 rings (SSSR count). The Morgan fingerprint density at radius 2 is 1.92 bits per heavy atom. The molecule has 0 aliphatic carbocycles. The molecule has 0 saturated carbocycles. The zero-order valence-corrected chi connectivity index (χ0v) is 15.2. The van der Waals surface area contributed by atoms with E-state index in [9.17, 15) is 9.59 Å². The van der Waals surface area contributed by atoms with Gasteiger partial charge in [0.05, 0.1) is 10.2 Å². The third kappa shape index (κ3) is 3.29.